The van der Waals surface area contributed by atoms with Crippen LogP contribution in [0.3, 0.4) is 0 Å². The van der Waals surface area contributed by atoms with E-state index in [0.717, 1.165) is 0 Å². The summed E-state index contributed by atoms with van der Waals surface area (Å²) in [6.45, 7) is 1.24. The third-order valence-electron chi connectivity index (χ3n) is 1.37. The molecule has 0 aliphatic heterocycles. The van der Waals surface area contributed by atoms with Gasteiger partial charge in [0.25, 0.3) is 5.97 Å². The largest absolute Gasteiger partial charge is 0.394 e. The Labute approximate surface area is 83.0 Å². The molecule has 6 nitrogen and oxygen atoms in total. The van der Waals surface area contributed by atoms with Gasteiger partial charge in [-0.15, -0.1) is 0 Å². The number of hydrogen-bond donors (Lipinski definition) is 3. The summed E-state index contributed by atoms with van der Waals surface area (Å²) in [5, 5.41) is 25.6. The molecule has 0 aromatic rings. The van der Waals surface area contributed by atoms with Crippen molar-refractivity contribution in [1.29, 1.82) is 0 Å². The molecule has 0 fully saturated rings. The summed E-state index contributed by atoms with van der Waals surface area (Å²) in [5.74, 6) is -1.33. The maximum Gasteiger partial charge on any atom is 0.280 e. The summed E-state index contributed by atoms with van der Waals surface area (Å²) < 4.78 is 15.2. The fraction of sp³-hybridized carbons (Fsp3) is 1.00. The molecule has 0 bridgehead atoms. The van der Waals surface area contributed by atoms with Crippen LogP contribution in [0.15, 0.2) is 0 Å². The lowest BCUT2D eigenvalue weighted by Gasteiger charge is -2.28. The van der Waals surface area contributed by atoms with E-state index in [2.05, 4.69) is 0 Å². The zero-order chi connectivity index (χ0) is 10.9. The smallest absolute Gasteiger partial charge is 0.280 e. The average Bonchev–Trinajstić information content (AvgIpc) is 2.21. The zero-order valence-corrected chi connectivity index (χ0v) is 8.31. The van der Waals surface area contributed by atoms with E-state index in [1.807, 2.05) is 0 Å². The molecule has 0 amide bonds. The molecule has 0 aromatic heterocycles. The van der Waals surface area contributed by atoms with Crippen molar-refractivity contribution in [2.24, 2.45) is 0 Å². The molecule has 0 rings (SSSR count). The van der Waals surface area contributed by atoms with E-state index >= 15 is 0 Å². The van der Waals surface area contributed by atoms with E-state index in [1.54, 1.807) is 0 Å². The van der Waals surface area contributed by atoms with Crippen molar-refractivity contribution in [3.63, 3.8) is 0 Å². The van der Waals surface area contributed by atoms with Gasteiger partial charge in [0.05, 0.1) is 39.6 Å². The molecule has 0 atom stereocenters. The van der Waals surface area contributed by atoms with Crippen LogP contribution in [0.5, 0.6) is 0 Å². The summed E-state index contributed by atoms with van der Waals surface area (Å²) in [5.41, 5.74) is 0. The van der Waals surface area contributed by atoms with Crippen LogP contribution in [0.25, 0.3) is 0 Å². The molecule has 14 heavy (non-hydrogen) atoms. The van der Waals surface area contributed by atoms with Crippen molar-refractivity contribution in [3.05, 3.63) is 0 Å². The van der Waals surface area contributed by atoms with Crippen LogP contribution >= 0.6 is 0 Å². The fourth-order valence-corrected chi connectivity index (χ4v) is 0.818. The Bertz CT molecular complexity index is 107. The summed E-state index contributed by atoms with van der Waals surface area (Å²) in [6, 6.07) is 0. The van der Waals surface area contributed by atoms with E-state index in [9.17, 15) is 0 Å². The first-order valence-electron chi connectivity index (χ1n) is 4.43. The van der Waals surface area contributed by atoms with Gasteiger partial charge >= 0.3 is 0 Å². The Hall–Kier alpha value is -0.240. The Morgan fingerprint density at radius 3 is 1.29 bits per heavy atom. The molecule has 0 aliphatic rings. The first kappa shape index (κ1) is 13.8. The number of aliphatic hydroxyl groups excluding tert-OH is 3. The van der Waals surface area contributed by atoms with E-state index in [-0.39, 0.29) is 39.6 Å². The Kier molecular flexibility index (Phi) is 7.96. The minimum atomic E-state index is -1.33. The first-order chi connectivity index (χ1) is 6.68. The van der Waals surface area contributed by atoms with Crippen molar-refractivity contribution < 1.29 is 29.5 Å². The van der Waals surface area contributed by atoms with Crippen LogP contribution in [0.1, 0.15) is 6.92 Å². The average molecular weight is 210 g/mol. The zero-order valence-electron chi connectivity index (χ0n) is 8.31. The quantitative estimate of drug-likeness (QED) is 0.409. The highest BCUT2D eigenvalue weighted by atomic mass is 16.9. The molecule has 6 heteroatoms. The van der Waals surface area contributed by atoms with E-state index < -0.39 is 5.97 Å². The Morgan fingerprint density at radius 1 is 0.786 bits per heavy atom. The number of aliphatic hydroxyl groups is 3. The monoisotopic (exact) mass is 210 g/mol. The van der Waals surface area contributed by atoms with Crippen molar-refractivity contribution in [3.8, 4) is 0 Å². The molecular formula is C8H18O6. The van der Waals surface area contributed by atoms with Gasteiger partial charge in [0.15, 0.2) is 0 Å². The summed E-state index contributed by atoms with van der Waals surface area (Å²) >= 11 is 0. The minimum Gasteiger partial charge on any atom is -0.394 e. The van der Waals surface area contributed by atoms with Crippen molar-refractivity contribution in [2.75, 3.05) is 39.6 Å². The van der Waals surface area contributed by atoms with Gasteiger partial charge in [0.2, 0.25) is 0 Å². The molecule has 86 valence electrons. The summed E-state index contributed by atoms with van der Waals surface area (Å²) in [4.78, 5) is 0. The molecule has 0 aromatic carbocycles. The van der Waals surface area contributed by atoms with Crippen molar-refractivity contribution in [2.45, 2.75) is 12.9 Å². The predicted molar refractivity (Wildman–Crippen MR) is 47.5 cm³/mol. The van der Waals surface area contributed by atoms with Gasteiger partial charge in [-0.2, -0.15) is 0 Å². The lowest BCUT2D eigenvalue weighted by Crippen LogP contribution is -2.38. The van der Waals surface area contributed by atoms with Crippen LogP contribution in [-0.2, 0) is 14.2 Å². The van der Waals surface area contributed by atoms with Crippen molar-refractivity contribution >= 4 is 0 Å². The van der Waals surface area contributed by atoms with E-state index in [0.29, 0.717) is 0 Å². The molecule has 3 N–H and O–H groups in total. The molecule has 0 unspecified atom stereocenters. The van der Waals surface area contributed by atoms with Crippen LogP contribution in [0.2, 0.25) is 0 Å². The highest BCUT2D eigenvalue weighted by molar-refractivity contribution is 4.48. The lowest BCUT2D eigenvalue weighted by molar-refractivity contribution is -0.373. The van der Waals surface area contributed by atoms with Crippen LogP contribution in [-0.4, -0.2) is 60.9 Å². The van der Waals surface area contributed by atoms with Gasteiger partial charge in [-0.3, -0.25) is 0 Å². The fourth-order valence-electron chi connectivity index (χ4n) is 0.818. The van der Waals surface area contributed by atoms with E-state index in [1.165, 1.54) is 6.92 Å². The number of hydrogen-bond acceptors (Lipinski definition) is 6. The minimum absolute atomic E-state index is 0.0629. The molecule has 0 aliphatic carbocycles. The van der Waals surface area contributed by atoms with Gasteiger partial charge in [-0.05, 0) is 0 Å². The standard InChI is InChI=1S/C8H18O6/c1-8(12-5-2-9,13-6-3-10)14-7-4-11/h9-11H,2-7H2,1H3. The Balaban J connectivity index is 3.89. The first-order valence-corrected chi connectivity index (χ1v) is 4.43. The second-order valence-corrected chi connectivity index (χ2v) is 2.58. The molecular weight excluding hydrogens is 192 g/mol. The van der Waals surface area contributed by atoms with Crippen LogP contribution in [0.4, 0.5) is 0 Å². The van der Waals surface area contributed by atoms with Gasteiger partial charge in [0.1, 0.15) is 0 Å². The summed E-state index contributed by atoms with van der Waals surface area (Å²) in [6.07, 6.45) is 0. The summed E-state index contributed by atoms with van der Waals surface area (Å²) in [7, 11) is 0. The topological polar surface area (TPSA) is 88.4 Å². The number of ether oxygens (including phenoxy) is 3. The van der Waals surface area contributed by atoms with E-state index in [4.69, 9.17) is 29.5 Å². The molecule has 0 heterocycles. The molecule has 0 radical (unpaired) electrons. The number of rotatable bonds is 9. The highest BCUT2D eigenvalue weighted by Crippen LogP contribution is 2.13. The highest BCUT2D eigenvalue weighted by Gasteiger charge is 2.26. The van der Waals surface area contributed by atoms with Gasteiger partial charge < -0.3 is 29.5 Å². The molecule has 0 saturated carbocycles. The maximum absolute atomic E-state index is 8.55. The van der Waals surface area contributed by atoms with Gasteiger partial charge in [-0.1, -0.05) is 0 Å². The third-order valence-corrected chi connectivity index (χ3v) is 1.37. The van der Waals surface area contributed by atoms with Gasteiger partial charge in [-0.25, -0.2) is 0 Å². The third kappa shape index (κ3) is 6.25. The molecule has 0 saturated heterocycles. The SMILES string of the molecule is CC(OCCO)(OCCO)OCCO. The Morgan fingerprint density at radius 2 is 1.07 bits per heavy atom. The lowest BCUT2D eigenvalue weighted by atomic mass is 10.6. The van der Waals surface area contributed by atoms with Crippen molar-refractivity contribution in [1.82, 2.24) is 0 Å². The second-order valence-electron chi connectivity index (χ2n) is 2.58. The maximum atomic E-state index is 8.55. The predicted octanol–water partition coefficient (Wildman–Crippen LogP) is -1.31. The van der Waals surface area contributed by atoms with Gasteiger partial charge in [0, 0.05) is 6.92 Å². The van der Waals surface area contributed by atoms with Crippen LogP contribution < -0.4 is 0 Å². The molecule has 0 spiro atoms. The normalized spacial score (nSPS) is 12.0. The van der Waals surface area contributed by atoms with Crippen LogP contribution in [0, 0.1) is 0 Å². The second kappa shape index (κ2) is 8.10.